The maximum Gasteiger partial charge on any atom is 0.311 e. The zero-order valence-electron chi connectivity index (χ0n) is 11.1. The van der Waals surface area contributed by atoms with Crippen LogP contribution in [0.3, 0.4) is 0 Å². The highest BCUT2D eigenvalue weighted by Crippen LogP contribution is 2.31. The van der Waals surface area contributed by atoms with E-state index >= 15 is 0 Å². The molecule has 0 unspecified atom stereocenters. The number of carbonyl (C=O) groups is 1. The van der Waals surface area contributed by atoms with Crippen LogP contribution >= 0.6 is 0 Å². The third-order valence-corrected chi connectivity index (χ3v) is 2.73. The van der Waals surface area contributed by atoms with Crippen molar-refractivity contribution in [3.8, 4) is 11.5 Å². The topological polar surface area (TPSA) is 125 Å². The number of nitrogens with zero attached hydrogens (tertiary/aromatic N) is 2. The van der Waals surface area contributed by atoms with E-state index in [4.69, 9.17) is 0 Å². The van der Waals surface area contributed by atoms with E-state index in [1.165, 1.54) is 0 Å². The molecule has 0 atom stereocenters. The van der Waals surface area contributed by atoms with Crippen LogP contribution in [0.25, 0.3) is 0 Å². The predicted octanol–water partition coefficient (Wildman–Crippen LogP) is 1.77. The van der Waals surface area contributed by atoms with Crippen molar-refractivity contribution in [2.75, 3.05) is 0 Å². The predicted molar refractivity (Wildman–Crippen MR) is 77.9 cm³/mol. The van der Waals surface area contributed by atoms with Crippen molar-refractivity contribution in [2.45, 2.75) is 0 Å². The van der Waals surface area contributed by atoms with Gasteiger partial charge in [-0.3, -0.25) is 14.9 Å². The molecule has 1 amide bonds. The first-order chi connectivity index (χ1) is 10.5. The van der Waals surface area contributed by atoms with Crippen molar-refractivity contribution < 1.29 is 19.9 Å². The molecule has 8 nitrogen and oxygen atoms in total. The normalized spacial score (nSPS) is 10.5. The average molecular weight is 301 g/mol. The van der Waals surface area contributed by atoms with Gasteiger partial charge in [-0.15, -0.1) is 0 Å². The number of nitro groups is 1. The van der Waals surface area contributed by atoms with Crippen LogP contribution in [0.4, 0.5) is 5.69 Å². The third-order valence-electron chi connectivity index (χ3n) is 2.73. The van der Waals surface area contributed by atoms with E-state index < -0.39 is 28.0 Å². The number of phenols is 2. The number of benzene rings is 2. The summed E-state index contributed by atoms with van der Waals surface area (Å²) in [5.41, 5.74) is 2.02. The van der Waals surface area contributed by atoms with Gasteiger partial charge in [0.05, 0.1) is 11.1 Å². The monoisotopic (exact) mass is 301 g/mol. The fourth-order valence-electron chi connectivity index (χ4n) is 1.65. The number of hydrogen-bond donors (Lipinski definition) is 3. The minimum Gasteiger partial charge on any atom is -0.507 e. The van der Waals surface area contributed by atoms with Gasteiger partial charge in [-0.1, -0.05) is 18.2 Å². The Morgan fingerprint density at radius 2 is 1.86 bits per heavy atom. The summed E-state index contributed by atoms with van der Waals surface area (Å²) in [7, 11) is 0. The Balaban J connectivity index is 2.15. The lowest BCUT2D eigenvalue weighted by atomic mass is 10.2. The summed E-state index contributed by atoms with van der Waals surface area (Å²) in [6.45, 7) is 0. The zero-order valence-corrected chi connectivity index (χ0v) is 11.1. The minimum absolute atomic E-state index is 0.0159. The van der Waals surface area contributed by atoms with Gasteiger partial charge in [0, 0.05) is 23.3 Å². The van der Waals surface area contributed by atoms with Gasteiger partial charge in [0.25, 0.3) is 5.91 Å². The third kappa shape index (κ3) is 3.37. The molecule has 0 aliphatic carbocycles. The summed E-state index contributed by atoms with van der Waals surface area (Å²) < 4.78 is 0. The fourth-order valence-corrected chi connectivity index (χ4v) is 1.65. The number of amides is 1. The Kier molecular flexibility index (Phi) is 4.33. The second-order valence-corrected chi connectivity index (χ2v) is 4.22. The standard InChI is InChI=1S/C14H11N3O5/c18-12-7-13(19)11(17(21)22)6-10(12)8-15-16-14(20)9-4-2-1-3-5-9/h1-8,18-19H,(H,16,20)/b15-8+. The molecule has 8 heteroatoms. The van der Waals surface area contributed by atoms with Gasteiger partial charge in [0.2, 0.25) is 0 Å². The number of carbonyl (C=O) groups excluding carboxylic acids is 1. The molecule has 112 valence electrons. The summed E-state index contributed by atoms with van der Waals surface area (Å²) in [4.78, 5) is 21.6. The molecule has 0 spiro atoms. The highest BCUT2D eigenvalue weighted by atomic mass is 16.6. The molecule has 0 radical (unpaired) electrons. The summed E-state index contributed by atoms with van der Waals surface area (Å²) >= 11 is 0. The zero-order chi connectivity index (χ0) is 16.1. The van der Waals surface area contributed by atoms with Crippen LogP contribution in [0.5, 0.6) is 11.5 Å². The Labute approximate surface area is 124 Å². The van der Waals surface area contributed by atoms with Gasteiger partial charge in [-0.05, 0) is 12.1 Å². The molecule has 0 aliphatic rings. The Hall–Kier alpha value is -3.42. The molecule has 2 aromatic rings. The molecule has 22 heavy (non-hydrogen) atoms. The van der Waals surface area contributed by atoms with Gasteiger partial charge < -0.3 is 10.2 Å². The van der Waals surface area contributed by atoms with E-state index in [9.17, 15) is 25.1 Å². The molecule has 0 saturated heterocycles. The fraction of sp³-hybridized carbons (Fsp3) is 0. The van der Waals surface area contributed by atoms with E-state index in [1.807, 2.05) is 0 Å². The molecule has 0 saturated carbocycles. The van der Waals surface area contributed by atoms with Crippen LogP contribution in [0.15, 0.2) is 47.6 Å². The molecule has 3 N–H and O–H groups in total. The Bertz CT molecular complexity index is 744. The molecule has 0 aliphatic heterocycles. The van der Waals surface area contributed by atoms with Gasteiger partial charge in [-0.2, -0.15) is 5.10 Å². The average Bonchev–Trinajstić information content (AvgIpc) is 2.49. The number of hydrogen-bond acceptors (Lipinski definition) is 6. The van der Waals surface area contributed by atoms with Gasteiger partial charge in [0.1, 0.15) is 5.75 Å². The van der Waals surface area contributed by atoms with Gasteiger partial charge in [0.15, 0.2) is 5.75 Å². The minimum atomic E-state index is -0.797. The maximum atomic E-state index is 11.7. The summed E-state index contributed by atoms with van der Waals surface area (Å²) in [6, 6.07) is 10.1. The number of nitro benzene ring substituents is 1. The van der Waals surface area contributed by atoms with E-state index in [2.05, 4.69) is 10.5 Å². The largest absolute Gasteiger partial charge is 0.507 e. The van der Waals surface area contributed by atoms with Crippen molar-refractivity contribution in [3.05, 3.63) is 63.7 Å². The van der Waals surface area contributed by atoms with Crippen molar-refractivity contribution in [2.24, 2.45) is 5.10 Å². The highest BCUT2D eigenvalue weighted by Gasteiger charge is 2.16. The lowest BCUT2D eigenvalue weighted by Crippen LogP contribution is -2.17. The van der Waals surface area contributed by atoms with Crippen LogP contribution in [-0.2, 0) is 0 Å². The Morgan fingerprint density at radius 1 is 1.18 bits per heavy atom. The summed E-state index contributed by atoms with van der Waals surface area (Å²) in [5, 5.41) is 33.2. The first kappa shape index (κ1) is 15.0. The molecule has 0 bridgehead atoms. The van der Waals surface area contributed by atoms with E-state index in [1.54, 1.807) is 30.3 Å². The Morgan fingerprint density at radius 3 is 2.50 bits per heavy atom. The molecular weight excluding hydrogens is 290 g/mol. The molecule has 0 fully saturated rings. The summed E-state index contributed by atoms with van der Waals surface area (Å²) in [5.74, 6) is -1.53. The smallest absolute Gasteiger partial charge is 0.311 e. The number of rotatable bonds is 4. The van der Waals surface area contributed by atoms with Crippen molar-refractivity contribution in [1.29, 1.82) is 0 Å². The van der Waals surface area contributed by atoms with Crippen LogP contribution in [0.1, 0.15) is 15.9 Å². The van der Waals surface area contributed by atoms with Gasteiger partial charge >= 0.3 is 5.69 Å². The van der Waals surface area contributed by atoms with Crippen molar-refractivity contribution in [3.63, 3.8) is 0 Å². The maximum absolute atomic E-state index is 11.7. The van der Waals surface area contributed by atoms with Crippen LogP contribution in [0, 0.1) is 10.1 Å². The van der Waals surface area contributed by atoms with E-state index in [0.717, 1.165) is 18.3 Å². The van der Waals surface area contributed by atoms with Crippen LogP contribution in [0.2, 0.25) is 0 Å². The molecule has 0 aromatic heterocycles. The lowest BCUT2D eigenvalue weighted by molar-refractivity contribution is -0.385. The first-order valence-corrected chi connectivity index (χ1v) is 6.08. The molecule has 2 rings (SSSR count). The van der Waals surface area contributed by atoms with Crippen LogP contribution < -0.4 is 5.43 Å². The lowest BCUT2D eigenvalue weighted by Gasteiger charge is -2.02. The van der Waals surface area contributed by atoms with Crippen molar-refractivity contribution >= 4 is 17.8 Å². The van der Waals surface area contributed by atoms with Crippen molar-refractivity contribution in [1.82, 2.24) is 5.43 Å². The second kappa shape index (κ2) is 6.35. The van der Waals surface area contributed by atoms with Gasteiger partial charge in [-0.25, -0.2) is 5.43 Å². The van der Waals surface area contributed by atoms with E-state index in [0.29, 0.717) is 5.56 Å². The SMILES string of the molecule is O=C(N/N=C/c1cc([N+](=O)[O-])c(O)cc1O)c1ccccc1. The second-order valence-electron chi connectivity index (χ2n) is 4.22. The number of nitrogens with one attached hydrogen (secondary N) is 1. The number of aromatic hydroxyl groups is 2. The quantitative estimate of drug-likeness (QED) is 0.451. The highest BCUT2D eigenvalue weighted by molar-refractivity contribution is 5.95. The molecular formula is C14H11N3O5. The van der Waals surface area contributed by atoms with E-state index in [-0.39, 0.29) is 5.56 Å². The number of hydrazone groups is 1. The summed E-state index contributed by atoms with van der Waals surface area (Å²) in [6.07, 6.45) is 1.04. The van der Waals surface area contributed by atoms with Crippen LogP contribution in [-0.4, -0.2) is 27.3 Å². The molecule has 0 heterocycles. The molecule has 2 aromatic carbocycles. The first-order valence-electron chi connectivity index (χ1n) is 6.08. The number of phenolic OH excluding ortho intramolecular Hbond substituents is 2.